The summed E-state index contributed by atoms with van der Waals surface area (Å²) in [6, 6.07) is 7.50. The number of ether oxygens (including phenoxy) is 1. The average molecular weight is 311 g/mol. The Morgan fingerprint density at radius 1 is 1.43 bits per heavy atom. The molecule has 1 N–H and O–H groups in total. The van der Waals surface area contributed by atoms with E-state index in [1.165, 1.54) is 0 Å². The van der Waals surface area contributed by atoms with Crippen LogP contribution < -0.4 is 5.32 Å². The largest absolute Gasteiger partial charge is 0.464 e. The molecule has 0 spiro atoms. The van der Waals surface area contributed by atoms with Crippen molar-refractivity contribution in [3.63, 3.8) is 0 Å². The number of nitrogens with one attached hydrogen (secondary N) is 1. The van der Waals surface area contributed by atoms with Gasteiger partial charge >= 0.3 is 5.97 Å². The van der Waals surface area contributed by atoms with Crippen LogP contribution in [0.1, 0.15) is 25.8 Å². The van der Waals surface area contributed by atoms with Gasteiger partial charge in [-0.15, -0.1) is 0 Å². The number of hydrogen-bond donors (Lipinski definition) is 1. The normalized spacial score (nSPS) is 19.6. The summed E-state index contributed by atoms with van der Waals surface area (Å²) in [4.78, 5) is 14.9. The molecular formula is C16H23ClN2O2. The zero-order chi connectivity index (χ0) is 15.3. The zero-order valence-electron chi connectivity index (χ0n) is 12.7. The third-order valence-corrected chi connectivity index (χ3v) is 4.27. The second kappa shape index (κ2) is 7.25. The lowest BCUT2D eigenvalue weighted by Gasteiger charge is -2.39. The summed E-state index contributed by atoms with van der Waals surface area (Å²) >= 11 is 6.12. The van der Waals surface area contributed by atoms with Crippen LogP contribution in [0.4, 0.5) is 0 Å². The van der Waals surface area contributed by atoms with E-state index in [9.17, 15) is 4.79 Å². The molecule has 5 heteroatoms. The van der Waals surface area contributed by atoms with E-state index < -0.39 is 5.54 Å². The Morgan fingerprint density at radius 2 is 2.24 bits per heavy atom. The Bertz CT molecular complexity index is 487. The molecule has 1 unspecified atom stereocenters. The molecule has 1 atom stereocenters. The highest BCUT2D eigenvalue weighted by atomic mass is 35.5. The van der Waals surface area contributed by atoms with E-state index >= 15 is 0 Å². The highest BCUT2D eigenvalue weighted by Gasteiger charge is 2.42. The quantitative estimate of drug-likeness (QED) is 0.867. The summed E-state index contributed by atoms with van der Waals surface area (Å²) in [5.74, 6) is -0.214. The van der Waals surface area contributed by atoms with Crippen molar-refractivity contribution in [3.05, 3.63) is 34.9 Å². The molecule has 2 rings (SSSR count). The van der Waals surface area contributed by atoms with Crippen molar-refractivity contribution in [2.45, 2.75) is 25.8 Å². The van der Waals surface area contributed by atoms with Crippen LogP contribution in [0.15, 0.2) is 24.3 Å². The van der Waals surface area contributed by atoms with Gasteiger partial charge in [-0.25, -0.2) is 4.79 Å². The maximum atomic E-state index is 12.7. The van der Waals surface area contributed by atoms with E-state index in [1.54, 1.807) is 0 Å². The molecular weight excluding hydrogens is 288 g/mol. The standard InChI is InChI=1S/C16H23ClN2O2/c1-3-21-15(20)16(2,13-6-4-7-14(17)12-13)19-10-5-8-18-9-11-19/h4,6-7,12,18H,3,5,8-11H2,1-2H3. The van der Waals surface area contributed by atoms with E-state index in [4.69, 9.17) is 16.3 Å². The average Bonchev–Trinajstić information content (AvgIpc) is 2.76. The molecule has 116 valence electrons. The molecule has 1 aliphatic heterocycles. The molecule has 21 heavy (non-hydrogen) atoms. The van der Waals surface area contributed by atoms with Crippen LogP contribution in [0.25, 0.3) is 0 Å². The summed E-state index contributed by atoms with van der Waals surface area (Å²) in [5, 5.41) is 4.00. The minimum absolute atomic E-state index is 0.214. The molecule has 0 bridgehead atoms. The number of esters is 1. The van der Waals surface area contributed by atoms with Crippen LogP contribution in [-0.4, -0.2) is 43.7 Å². The Morgan fingerprint density at radius 3 is 2.95 bits per heavy atom. The molecule has 0 aliphatic carbocycles. The monoisotopic (exact) mass is 310 g/mol. The van der Waals surface area contributed by atoms with Gasteiger partial charge in [-0.3, -0.25) is 4.90 Å². The molecule has 1 fully saturated rings. The Labute approximate surface area is 131 Å². The van der Waals surface area contributed by atoms with Crippen molar-refractivity contribution >= 4 is 17.6 Å². The number of rotatable bonds is 4. The predicted molar refractivity (Wildman–Crippen MR) is 84.5 cm³/mol. The van der Waals surface area contributed by atoms with Crippen molar-refractivity contribution < 1.29 is 9.53 Å². The summed E-state index contributed by atoms with van der Waals surface area (Å²) in [5.41, 5.74) is 0.0859. The second-order valence-electron chi connectivity index (χ2n) is 5.39. The van der Waals surface area contributed by atoms with Crippen molar-refractivity contribution in [2.24, 2.45) is 0 Å². The number of nitrogens with zero attached hydrogens (tertiary/aromatic N) is 1. The molecule has 1 aromatic carbocycles. The van der Waals surface area contributed by atoms with Gasteiger partial charge in [0.25, 0.3) is 0 Å². The van der Waals surface area contributed by atoms with Gasteiger partial charge in [0.1, 0.15) is 5.54 Å². The summed E-state index contributed by atoms with van der Waals surface area (Å²) in [7, 11) is 0. The van der Waals surface area contributed by atoms with Crippen LogP contribution >= 0.6 is 11.6 Å². The highest BCUT2D eigenvalue weighted by Crippen LogP contribution is 2.32. The minimum Gasteiger partial charge on any atom is -0.464 e. The first-order valence-electron chi connectivity index (χ1n) is 7.48. The maximum Gasteiger partial charge on any atom is 0.330 e. The SMILES string of the molecule is CCOC(=O)C(C)(c1cccc(Cl)c1)N1CCCNCC1. The first kappa shape index (κ1) is 16.3. The number of benzene rings is 1. The highest BCUT2D eigenvalue weighted by molar-refractivity contribution is 6.30. The van der Waals surface area contributed by atoms with E-state index in [0.717, 1.165) is 38.2 Å². The lowest BCUT2D eigenvalue weighted by atomic mass is 9.89. The van der Waals surface area contributed by atoms with Gasteiger partial charge in [-0.1, -0.05) is 23.7 Å². The fourth-order valence-electron chi connectivity index (χ4n) is 2.79. The summed E-state index contributed by atoms with van der Waals surface area (Å²) < 4.78 is 5.35. The van der Waals surface area contributed by atoms with Gasteiger partial charge in [0, 0.05) is 24.7 Å². The van der Waals surface area contributed by atoms with Gasteiger partial charge < -0.3 is 10.1 Å². The summed E-state index contributed by atoms with van der Waals surface area (Å²) in [6.45, 7) is 7.65. The first-order chi connectivity index (χ1) is 10.1. The van der Waals surface area contributed by atoms with Gasteiger partial charge in [0.2, 0.25) is 0 Å². The van der Waals surface area contributed by atoms with Gasteiger partial charge in [0.15, 0.2) is 0 Å². The van der Waals surface area contributed by atoms with Crippen molar-refractivity contribution in [1.82, 2.24) is 10.2 Å². The number of halogens is 1. The zero-order valence-corrected chi connectivity index (χ0v) is 13.4. The van der Waals surface area contributed by atoms with E-state index in [-0.39, 0.29) is 5.97 Å². The van der Waals surface area contributed by atoms with E-state index in [0.29, 0.717) is 11.6 Å². The Hall–Kier alpha value is -1.10. The lowest BCUT2D eigenvalue weighted by molar-refractivity contribution is -0.157. The topological polar surface area (TPSA) is 41.6 Å². The van der Waals surface area contributed by atoms with E-state index in [1.807, 2.05) is 38.1 Å². The first-order valence-corrected chi connectivity index (χ1v) is 7.86. The lowest BCUT2D eigenvalue weighted by Crippen LogP contribution is -2.52. The third kappa shape index (κ3) is 3.57. The fourth-order valence-corrected chi connectivity index (χ4v) is 2.98. The molecule has 1 aromatic rings. The van der Waals surface area contributed by atoms with Crippen LogP contribution in [-0.2, 0) is 15.1 Å². The Balaban J connectivity index is 2.40. The molecule has 0 aromatic heterocycles. The van der Waals surface area contributed by atoms with Crippen LogP contribution in [0.2, 0.25) is 5.02 Å². The molecule has 0 radical (unpaired) electrons. The van der Waals surface area contributed by atoms with Gasteiger partial charge in [-0.2, -0.15) is 0 Å². The molecule has 4 nitrogen and oxygen atoms in total. The van der Waals surface area contributed by atoms with Crippen molar-refractivity contribution in [1.29, 1.82) is 0 Å². The molecule has 1 heterocycles. The number of hydrogen-bond acceptors (Lipinski definition) is 4. The molecule has 1 saturated heterocycles. The summed E-state index contributed by atoms with van der Waals surface area (Å²) in [6.07, 6.45) is 1.01. The maximum absolute atomic E-state index is 12.7. The van der Waals surface area contributed by atoms with Gasteiger partial charge in [-0.05, 0) is 44.5 Å². The minimum atomic E-state index is -0.799. The fraction of sp³-hybridized carbons (Fsp3) is 0.562. The molecule has 1 aliphatic rings. The number of carbonyl (C=O) groups is 1. The number of carbonyl (C=O) groups excluding carboxylic acids is 1. The predicted octanol–water partition coefficient (Wildman–Crippen LogP) is 2.41. The molecule has 0 amide bonds. The second-order valence-corrected chi connectivity index (χ2v) is 5.83. The van der Waals surface area contributed by atoms with Crippen molar-refractivity contribution in [3.8, 4) is 0 Å². The van der Waals surface area contributed by atoms with Crippen molar-refractivity contribution in [2.75, 3.05) is 32.8 Å². The van der Waals surface area contributed by atoms with Crippen LogP contribution in [0.5, 0.6) is 0 Å². The van der Waals surface area contributed by atoms with Gasteiger partial charge in [0.05, 0.1) is 6.61 Å². The van der Waals surface area contributed by atoms with Crippen LogP contribution in [0.3, 0.4) is 0 Å². The molecule has 0 saturated carbocycles. The Kier molecular flexibility index (Phi) is 5.62. The van der Waals surface area contributed by atoms with Crippen LogP contribution in [0, 0.1) is 0 Å². The van der Waals surface area contributed by atoms with E-state index in [2.05, 4.69) is 10.2 Å². The third-order valence-electron chi connectivity index (χ3n) is 4.03. The smallest absolute Gasteiger partial charge is 0.330 e.